The van der Waals surface area contributed by atoms with E-state index in [0.29, 0.717) is 35.0 Å². The molecule has 1 N–H and O–H groups in total. The summed E-state index contributed by atoms with van der Waals surface area (Å²) in [5.74, 6) is 1.46. The van der Waals surface area contributed by atoms with E-state index in [0.717, 1.165) is 22.4 Å². The Morgan fingerprint density at radius 2 is 1.76 bits per heavy atom. The van der Waals surface area contributed by atoms with Gasteiger partial charge in [-0.1, -0.05) is 57.5 Å². The number of hydrogen-bond acceptors (Lipinski definition) is 3. The Balaban J connectivity index is 2.28. The van der Waals surface area contributed by atoms with Gasteiger partial charge in [0.05, 0.1) is 18.7 Å². The molecule has 0 saturated carbocycles. The number of carbonyl (C=O) groups is 1. The molecule has 156 valence electrons. The highest BCUT2D eigenvalue weighted by atomic mass is 35.5. The van der Waals surface area contributed by atoms with Crippen molar-refractivity contribution >= 4 is 29.3 Å². The fourth-order valence-electron chi connectivity index (χ4n) is 3.15. The van der Waals surface area contributed by atoms with Crippen molar-refractivity contribution in [3.8, 4) is 11.5 Å². The summed E-state index contributed by atoms with van der Waals surface area (Å²) in [7, 11) is 1.56. The van der Waals surface area contributed by atoms with Crippen LogP contribution in [-0.4, -0.2) is 19.6 Å². The number of benzene rings is 2. The van der Waals surface area contributed by atoms with Gasteiger partial charge in [0.25, 0.3) is 0 Å². The van der Waals surface area contributed by atoms with E-state index in [1.165, 1.54) is 6.08 Å². The van der Waals surface area contributed by atoms with Crippen molar-refractivity contribution in [1.29, 1.82) is 0 Å². The Bertz CT molecular complexity index is 862. The highest BCUT2D eigenvalue weighted by Gasteiger charge is 2.15. The molecule has 0 radical (unpaired) electrons. The Morgan fingerprint density at radius 3 is 2.28 bits per heavy atom. The fourth-order valence-corrected chi connectivity index (χ4v) is 3.43. The third-order valence-corrected chi connectivity index (χ3v) is 4.87. The van der Waals surface area contributed by atoms with Gasteiger partial charge in [0.2, 0.25) is 5.91 Å². The molecule has 2 aromatic carbocycles. The minimum absolute atomic E-state index is 0.191. The number of amides is 1. The summed E-state index contributed by atoms with van der Waals surface area (Å²) in [6.07, 6.45) is 3.22. The summed E-state index contributed by atoms with van der Waals surface area (Å²) in [5, 5.41) is 3.52. The quantitative estimate of drug-likeness (QED) is 0.491. The molecule has 0 atom stereocenters. The standard InChI is InChI=1S/C24H30ClNO3/c1-7-29-24-20(25)13-17(14-21(24)28-6)11-12-22(27)26-23-18(15(2)3)9-8-10-19(23)16(4)5/h8-16H,7H2,1-6H3,(H,26,27). The molecule has 5 heteroatoms. The van der Waals surface area contributed by atoms with Crippen molar-refractivity contribution < 1.29 is 14.3 Å². The number of anilines is 1. The number of rotatable bonds is 8. The van der Waals surface area contributed by atoms with E-state index in [-0.39, 0.29) is 5.91 Å². The molecule has 4 nitrogen and oxygen atoms in total. The van der Waals surface area contributed by atoms with Gasteiger partial charge in [-0.3, -0.25) is 4.79 Å². The van der Waals surface area contributed by atoms with Gasteiger partial charge in [0.1, 0.15) is 0 Å². The Labute approximate surface area is 178 Å². The number of carbonyl (C=O) groups excluding carboxylic acids is 1. The van der Waals surface area contributed by atoms with Crippen molar-refractivity contribution in [2.24, 2.45) is 0 Å². The number of ether oxygens (including phenoxy) is 2. The second-order valence-corrected chi connectivity index (χ2v) is 7.82. The average molecular weight is 416 g/mol. The minimum atomic E-state index is -0.191. The molecule has 1 amide bonds. The van der Waals surface area contributed by atoms with E-state index < -0.39 is 0 Å². The Kier molecular flexibility index (Phi) is 8.15. The molecule has 0 saturated heterocycles. The van der Waals surface area contributed by atoms with Crippen LogP contribution in [0.4, 0.5) is 5.69 Å². The molecule has 0 aliphatic rings. The highest BCUT2D eigenvalue weighted by molar-refractivity contribution is 6.32. The van der Waals surface area contributed by atoms with Crippen LogP contribution in [0, 0.1) is 0 Å². The normalized spacial score (nSPS) is 11.3. The number of para-hydroxylation sites is 1. The number of nitrogens with one attached hydrogen (secondary N) is 1. The first-order valence-corrected chi connectivity index (χ1v) is 10.3. The molecule has 0 aliphatic heterocycles. The summed E-state index contributed by atoms with van der Waals surface area (Å²) < 4.78 is 10.9. The second kappa shape index (κ2) is 10.4. The lowest BCUT2D eigenvalue weighted by Gasteiger charge is -2.19. The Hall–Kier alpha value is -2.46. The van der Waals surface area contributed by atoms with Gasteiger partial charge in [0, 0.05) is 11.8 Å². The lowest BCUT2D eigenvalue weighted by Crippen LogP contribution is -2.13. The summed E-state index contributed by atoms with van der Waals surface area (Å²) in [5.41, 5.74) is 3.91. The van der Waals surface area contributed by atoms with Gasteiger partial charge in [-0.15, -0.1) is 0 Å². The monoisotopic (exact) mass is 415 g/mol. The van der Waals surface area contributed by atoms with E-state index >= 15 is 0 Å². The van der Waals surface area contributed by atoms with Crippen LogP contribution in [0.2, 0.25) is 5.02 Å². The molecule has 0 spiro atoms. The maximum Gasteiger partial charge on any atom is 0.248 e. The lowest BCUT2D eigenvalue weighted by atomic mass is 9.92. The van der Waals surface area contributed by atoms with Gasteiger partial charge in [0.15, 0.2) is 11.5 Å². The molecule has 29 heavy (non-hydrogen) atoms. The van der Waals surface area contributed by atoms with E-state index in [2.05, 4.69) is 45.1 Å². The van der Waals surface area contributed by atoms with Crippen molar-refractivity contribution in [3.63, 3.8) is 0 Å². The smallest absolute Gasteiger partial charge is 0.248 e. The van der Waals surface area contributed by atoms with Crippen molar-refractivity contribution in [2.75, 3.05) is 19.0 Å². The number of methoxy groups -OCH3 is 1. The van der Waals surface area contributed by atoms with Crippen LogP contribution in [-0.2, 0) is 4.79 Å². The second-order valence-electron chi connectivity index (χ2n) is 7.41. The zero-order chi connectivity index (χ0) is 21.6. The summed E-state index contributed by atoms with van der Waals surface area (Å²) in [4.78, 5) is 12.7. The Morgan fingerprint density at radius 1 is 1.14 bits per heavy atom. The first-order chi connectivity index (χ1) is 13.8. The number of halogens is 1. The third kappa shape index (κ3) is 5.77. The van der Waals surface area contributed by atoms with Gasteiger partial charge in [-0.2, -0.15) is 0 Å². The zero-order valence-electron chi connectivity index (χ0n) is 18.0. The first-order valence-electron chi connectivity index (χ1n) is 9.90. The van der Waals surface area contributed by atoms with E-state index in [1.807, 2.05) is 13.0 Å². The third-order valence-electron chi connectivity index (χ3n) is 4.59. The predicted molar refractivity (Wildman–Crippen MR) is 121 cm³/mol. The van der Waals surface area contributed by atoms with E-state index in [4.69, 9.17) is 21.1 Å². The summed E-state index contributed by atoms with van der Waals surface area (Å²) >= 11 is 6.31. The van der Waals surface area contributed by atoms with E-state index in [1.54, 1.807) is 25.3 Å². The molecule has 0 heterocycles. The minimum Gasteiger partial charge on any atom is -0.493 e. The molecule has 0 aromatic heterocycles. The van der Waals surface area contributed by atoms with Crippen molar-refractivity contribution in [3.05, 3.63) is 58.1 Å². The lowest BCUT2D eigenvalue weighted by molar-refractivity contribution is -0.111. The molecule has 0 bridgehead atoms. The van der Waals surface area contributed by atoms with Crippen LogP contribution in [0.5, 0.6) is 11.5 Å². The average Bonchev–Trinajstić information content (AvgIpc) is 2.67. The molecule has 0 unspecified atom stereocenters. The number of hydrogen-bond donors (Lipinski definition) is 1. The van der Waals surface area contributed by atoms with Gasteiger partial charge < -0.3 is 14.8 Å². The van der Waals surface area contributed by atoms with Gasteiger partial charge >= 0.3 is 0 Å². The van der Waals surface area contributed by atoms with Crippen LogP contribution in [0.15, 0.2) is 36.4 Å². The topological polar surface area (TPSA) is 47.6 Å². The summed E-state index contributed by atoms with van der Waals surface area (Å²) in [6.45, 7) is 10.9. The van der Waals surface area contributed by atoms with Crippen molar-refractivity contribution in [2.45, 2.75) is 46.5 Å². The highest BCUT2D eigenvalue weighted by Crippen LogP contribution is 2.37. The maximum atomic E-state index is 12.7. The van der Waals surface area contributed by atoms with Crippen molar-refractivity contribution in [1.82, 2.24) is 0 Å². The first kappa shape index (κ1) is 22.8. The SMILES string of the molecule is CCOc1c(Cl)cc(C=CC(=O)Nc2c(C(C)C)cccc2C(C)C)cc1OC. The molecule has 2 aromatic rings. The zero-order valence-corrected chi connectivity index (χ0v) is 18.8. The largest absolute Gasteiger partial charge is 0.493 e. The molecular weight excluding hydrogens is 386 g/mol. The van der Waals surface area contributed by atoms with E-state index in [9.17, 15) is 4.79 Å². The van der Waals surface area contributed by atoms with Crippen LogP contribution in [0.1, 0.15) is 63.1 Å². The van der Waals surface area contributed by atoms with Crippen LogP contribution in [0.3, 0.4) is 0 Å². The van der Waals surface area contributed by atoms with Gasteiger partial charge in [-0.05, 0) is 53.7 Å². The summed E-state index contributed by atoms with van der Waals surface area (Å²) in [6, 6.07) is 9.72. The molecule has 0 aliphatic carbocycles. The molecule has 0 fully saturated rings. The fraction of sp³-hybridized carbons (Fsp3) is 0.375. The molecule has 2 rings (SSSR count). The maximum absolute atomic E-state index is 12.7. The van der Waals surface area contributed by atoms with Crippen LogP contribution in [0.25, 0.3) is 6.08 Å². The molecular formula is C24H30ClNO3. The van der Waals surface area contributed by atoms with Crippen LogP contribution >= 0.6 is 11.6 Å². The van der Waals surface area contributed by atoms with Crippen LogP contribution < -0.4 is 14.8 Å². The predicted octanol–water partition coefficient (Wildman–Crippen LogP) is 6.65. The van der Waals surface area contributed by atoms with Gasteiger partial charge in [-0.25, -0.2) is 0 Å².